The smallest absolute Gasteiger partial charge is 0.258 e. The number of nitro groups is 1. The number of nitrogens with zero attached hydrogens (tertiary/aromatic N) is 2. The highest BCUT2D eigenvalue weighted by molar-refractivity contribution is 7.90. The summed E-state index contributed by atoms with van der Waals surface area (Å²) in [5.41, 5.74) is -0.519. The SMILES string of the molecule is CS(=O)(=O)c1cnc(Cl)c([N+](=O)[O-])c1. The first kappa shape index (κ1) is 10.9. The third kappa shape index (κ3) is 2.18. The largest absolute Gasteiger partial charge is 0.307 e. The van der Waals surface area contributed by atoms with Crippen LogP contribution in [0.25, 0.3) is 0 Å². The van der Waals surface area contributed by atoms with Gasteiger partial charge in [-0.15, -0.1) is 0 Å². The molecule has 0 spiro atoms. The van der Waals surface area contributed by atoms with Gasteiger partial charge in [0.2, 0.25) is 5.15 Å². The average Bonchev–Trinajstić information content (AvgIpc) is 2.02. The zero-order chi connectivity index (χ0) is 10.9. The monoisotopic (exact) mass is 236 g/mol. The fraction of sp³-hybridized carbons (Fsp3) is 0.167. The maximum atomic E-state index is 11.0. The molecule has 6 nitrogen and oxygen atoms in total. The lowest BCUT2D eigenvalue weighted by Crippen LogP contribution is -2.00. The highest BCUT2D eigenvalue weighted by Gasteiger charge is 2.18. The van der Waals surface area contributed by atoms with Crippen LogP contribution >= 0.6 is 11.6 Å². The van der Waals surface area contributed by atoms with Crippen LogP contribution in [-0.2, 0) is 9.84 Å². The number of aromatic nitrogens is 1. The summed E-state index contributed by atoms with van der Waals surface area (Å²) in [6.07, 6.45) is 1.91. The van der Waals surface area contributed by atoms with Crippen LogP contribution in [0.2, 0.25) is 5.15 Å². The molecule has 1 rings (SSSR count). The fourth-order valence-corrected chi connectivity index (χ4v) is 1.49. The predicted molar refractivity (Wildman–Crippen MR) is 49.0 cm³/mol. The number of sulfone groups is 1. The Morgan fingerprint density at radius 1 is 1.57 bits per heavy atom. The number of hydrogen-bond acceptors (Lipinski definition) is 5. The van der Waals surface area contributed by atoms with Crippen LogP contribution in [0.3, 0.4) is 0 Å². The molecular formula is C6H5ClN2O4S. The third-order valence-electron chi connectivity index (χ3n) is 1.42. The summed E-state index contributed by atoms with van der Waals surface area (Å²) in [5.74, 6) is 0. The van der Waals surface area contributed by atoms with Gasteiger partial charge in [0.15, 0.2) is 9.84 Å². The Morgan fingerprint density at radius 2 is 2.14 bits per heavy atom. The Balaban J connectivity index is 3.42. The van der Waals surface area contributed by atoms with Gasteiger partial charge in [-0.2, -0.15) is 0 Å². The van der Waals surface area contributed by atoms with Crippen LogP contribution in [-0.4, -0.2) is 24.6 Å². The first-order valence-electron chi connectivity index (χ1n) is 3.32. The molecule has 0 unspecified atom stereocenters. The van der Waals surface area contributed by atoms with Gasteiger partial charge in [-0.25, -0.2) is 13.4 Å². The Kier molecular flexibility index (Phi) is 2.72. The third-order valence-corrected chi connectivity index (χ3v) is 2.79. The molecule has 0 aliphatic heterocycles. The van der Waals surface area contributed by atoms with Gasteiger partial charge in [-0.1, -0.05) is 11.6 Å². The van der Waals surface area contributed by atoms with Gasteiger partial charge in [0, 0.05) is 18.5 Å². The summed E-state index contributed by atoms with van der Waals surface area (Å²) in [6, 6.07) is 0.880. The van der Waals surface area contributed by atoms with Crippen LogP contribution in [0.1, 0.15) is 0 Å². The van der Waals surface area contributed by atoms with Crippen LogP contribution in [0, 0.1) is 10.1 Å². The van der Waals surface area contributed by atoms with Gasteiger partial charge in [0.1, 0.15) is 0 Å². The second-order valence-electron chi connectivity index (χ2n) is 2.51. The minimum absolute atomic E-state index is 0.228. The minimum atomic E-state index is -3.50. The fourth-order valence-electron chi connectivity index (χ4n) is 0.749. The molecule has 0 saturated carbocycles. The van der Waals surface area contributed by atoms with Crippen molar-refractivity contribution >= 4 is 27.1 Å². The lowest BCUT2D eigenvalue weighted by molar-refractivity contribution is -0.385. The molecule has 0 amide bonds. The van der Waals surface area contributed by atoms with Crippen LogP contribution in [0.4, 0.5) is 5.69 Å². The van der Waals surface area contributed by atoms with Crippen molar-refractivity contribution in [2.45, 2.75) is 4.90 Å². The van der Waals surface area contributed by atoms with E-state index in [-0.39, 0.29) is 10.0 Å². The van der Waals surface area contributed by atoms with Gasteiger partial charge in [0.05, 0.1) is 9.82 Å². The summed E-state index contributed by atoms with van der Waals surface area (Å²) in [4.78, 5) is 12.8. The average molecular weight is 237 g/mol. The Labute approximate surface area is 84.6 Å². The Bertz CT molecular complexity index is 485. The molecule has 0 aromatic carbocycles. The lowest BCUT2D eigenvalue weighted by atomic mass is 10.4. The summed E-state index contributed by atoms with van der Waals surface area (Å²) < 4.78 is 22.0. The second-order valence-corrected chi connectivity index (χ2v) is 4.88. The van der Waals surface area contributed by atoms with Gasteiger partial charge in [-0.3, -0.25) is 10.1 Å². The lowest BCUT2D eigenvalue weighted by Gasteiger charge is -1.98. The standard InChI is InChI=1S/C6H5ClN2O4S/c1-14(12,13)4-2-5(9(10)11)6(7)8-3-4/h2-3H,1H3. The topological polar surface area (TPSA) is 90.2 Å². The van der Waals surface area contributed by atoms with E-state index in [1.807, 2.05) is 0 Å². The van der Waals surface area contributed by atoms with E-state index in [1.54, 1.807) is 0 Å². The number of pyridine rings is 1. The number of hydrogen-bond donors (Lipinski definition) is 0. The molecule has 0 N–H and O–H groups in total. The molecular weight excluding hydrogens is 232 g/mol. The Hall–Kier alpha value is -1.21. The second kappa shape index (κ2) is 3.50. The predicted octanol–water partition coefficient (Wildman–Crippen LogP) is 1.05. The van der Waals surface area contributed by atoms with Crippen molar-refractivity contribution < 1.29 is 13.3 Å². The maximum Gasteiger partial charge on any atom is 0.307 e. The van der Waals surface area contributed by atoms with E-state index < -0.39 is 20.4 Å². The van der Waals surface area contributed by atoms with E-state index in [4.69, 9.17) is 11.6 Å². The molecule has 1 aromatic heterocycles. The van der Waals surface area contributed by atoms with E-state index in [1.165, 1.54) is 0 Å². The number of halogens is 1. The van der Waals surface area contributed by atoms with Crippen molar-refractivity contribution in [2.24, 2.45) is 0 Å². The van der Waals surface area contributed by atoms with Gasteiger partial charge in [-0.05, 0) is 0 Å². The molecule has 1 aromatic rings. The highest BCUT2D eigenvalue weighted by atomic mass is 35.5. The molecule has 0 atom stereocenters. The van der Waals surface area contributed by atoms with Crippen molar-refractivity contribution in [1.29, 1.82) is 0 Å². The van der Waals surface area contributed by atoms with Crippen molar-refractivity contribution in [1.82, 2.24) is 4.98 Å². The molecule has 14 heavy (non-hydrogen) atoms. The van der Waals surface area contributed by atoms with E-state index in [0.29, 0.717) is 0 Å². The molecule has 0 saturated heterocycles. The van der Waals surface area contributed by atoms with Crippen molar-refractivity contribution in [2.75, 3.05) is 6.26 Å². The zero-order valence-corrected chi connectivity index (χ0v) is 8.54. The summed E-state index contributed by atoms with van der Waals surface area (Å²) in [6.45, 7) is 0. The molecule has 1 heterocycles. The first-order chi connectivity index (χ1) is 6.32. The minimum Gasteiger partial charge on any atom is -0.258 e. The van der Waals surface area contributed by atoms with E-state index in [0.717, 1.165) is 18.5 Å². The summed E-state index contributed by atoms with van der Waals surface area (Å²) >= 11 is 5.39. The van der Waals surface area contributed by atoms with Gasteiger partial charge in [0.25, 0.3) is 0 Å². The molecule has 76 valence electrons. The molecule has 0 aliphatic carbocycles. The van der Waals surface area contributed by atoms with E-state index >= 15 is 0 Å². The van der Waals surface area contributed by atoms with Gasteiger partial charge < -0.3 is 0 Å². The summed E-state index contributed by atoms with van der Waals surface area (Å²) in [7, 11) is -3.50. The first-order valence-corrected chi connectivity index (χ1v) is 5.59. The van der Waals surface area contributed by atoms with E-state index in [2.05, 4.69) is 4.98 Å². The van der Waals surface area contributed by atoms with Crippen molar-refractivity contribution in [3.05, 3.63) is 27.5 Å². The maximum absolute atomic E-state index is 11.0. The van der Waals surface area contributed by atoms with Crippen LogP contribution < -0.4 is 0 Å². The quantitative estimate of drug-likeness (QED) is 0.435. The van der Waals surface area contributed by atoms with E-state index in [9.17, 15) is 18.5 Å². The van der Waals surface area contributed by atoms with Crippen LogP contribution in [0.15, 0.2) is 17.2 Å². The molecule has 0 fully saturated rings. The number of rotatable bonds is 2. The molecule has 0 bridgehead atoms. The molecule has 0 aliphatic rings. The van der Waals surface area contributed by atoms with Crippen molar-refractivity contribution in [3.63, 3.8) is 0 Å². The highest BCUT2D eigenvalue weighted by Crippen LogP contribution is 2.24. The Morgan fingerprint density at radius 3 is 2.57 bits per heavy atom. The van der Waals surface area contributed by atoms with Crippen LogP contribution in [0.5, 0.6) is 0 Å². The van der Waals surface area contributed by atoms with Gasteiger partial charge >= 0.3 is 5.69 Å². The molecule has 8 heteroatoms. The normalized spacial score (nSPS) is 11.3. The zero-order valence-electron chi connectivity index (χ0n) is 6.97. The summed E-state index contributed by atoms with van der Waals surface area (Å²) in [5, 5.41) is 10.1. The molecule has 0 radical (unpaired) electrons. The van der Waals surface area contributed by atoms with Crippen molar-refractivity contribution in [3.8, 4) is 0 Å².